The Bertz CT molecular complexity index is 599. The van der Waals surface area contributed by atoms with Gasteiger partial charge in [0.2, 0.25) is 0 Å². The van der Waals surface area contributed by atoms with E-state index < -0.39 is 0 Å². The van der Waals surface area contributed by atoms with E-state index >= 15 is 0 Å². The van der Waals surface area contributed by atoms with E-state index in [9.17, 15) is 0 Å². The molecule has 2 nitrogen and oxygen atoms in total. The van der Waals surface area contributed by atoms with E-state index in [1.54, 1.807) is 0 Å². The molecule has 0 saturated heterocycles. The van der Waals surface area contributed by atoms with Crippen LogP contribution in [-0.2, 0) is 13.1 Å². The lowest BCUT2D eigenvalue weighted by atomic mass is 10.1. The van der Waals surface area contributed by atoms with Crippen molar-refractivity contribution in [1.29, 1.82) is 0 Å². The molecule has 0 aliphatic carbocycles. The molecule has 3 rings (SSSR count). The predicted octanol–water partition coefficient (Wildman–Crippen LogP) is 4.25. The van der Waals surface area contributed by atoms with Crippen LogP contribution in [-0.4, -0.2) is 7.05 Å². The van der Waals surface area contributed by atoms with Crippen LogP contribution in [0.3, 0.4) is 0 Å². The molecule has 2 aromatic carbocycles. The van der Waals surface area contributed by atoms with Gasteiger partial charge in [-0.25, -0.2) is 0 Å². The summed E-state index contributed by atoms with van der Waals surface area (Å²) < 4.78 is 1.13. The van der Waals surface area contributed by atoms with Gasteiger partial charge in [0.15, 0.2) is 0 Å². The van der Waals surface area contributed by atoms with Crippen molar-refractivity contribution in [3.63, 3.8) is 0 Å². The Labute approximate surface area is 128 Å². The monoisotopic (exact) mass is 330 g/mol. The highest BCUT2D eigenvalue weighted by Gasteiger charge is 2.22. The molecule has 0 aromatic heterocycles. The van der Waals surface area contributed by atoms with Crippen molar-refractivity contribution in [3.8, 4) is 0 Å². The van der Waals surface area contributed by atoms with Crippen molar-refractivity contribution in [1.82, 2.24) is 5.32 Å². The Kier molecular flexibility index (Phi) is 3.81. The van der Waals surface area contributed by atoms with Crippen molar-refractivity contribution in [2.75, 3.05) is 11.9 Å². The first-order valence-corrected chi connectivity index (χ1v) is 7.77. The normalized spacial score (nSPS) is 15.2. The molecule has 0 spiro atoms. The minimum Gasteiger partial charge on any atom is -0.363 e. The van der Waals surface area contributed by atoms with E-state index in [2.05, 4.69) is 75.5 Å². The first kappa shape index (κ1) is 13.7. The zero-order valence-electron chi connectivity index (χ0n) is 11.9. The summed E-state index contributed by atoms with van der Waals surface area (Å²) in [5.74, 6) is 0. The quantitative estimate of drug-likeness (QED) is 0.904. The van der Waals surface area contributed by atoms with Crippen LogP contribution in [0.2, 0.25) is 0 Å². The Morgan fingerprint density at radius 3 is 2.35 bits per heavy atom. The lowest BCUT2D eigenvalue weighted by Gasteiger charge is -2.24. The van der Waals surface area contributed by atoms with Crippen LogP contribution in [0.5, 0.6) is 0 Å². The molecule has 0 saturated carbocycles. The predicted molar refractivity (Wildman–Crippen MR) is 87.9 cm³/mol. The number of hydrogen-bond acceptors (Lipinski definition) is 2. The zero-order chi connectivity index (χ0) is 14.1. The second-order valence-electron chi connectivity index (χ2n) is 5.34. The summed E-state index contributed by atoms with van der Waals surface area (Å²) in [6.07, 6.45) is 0. The Balaban J connectivity index is 1.97. The van der Waals surface area contributed by atoms with Gasteiger partial charge in [0, 0.05) is 29.3 Å². The third kappa shape index (κ3) is 2.48. The number of rotatable bonds is 3. The molecule has 0 radical (unpaired) electrons. The average molecular weight is 331 g/mol. The molecule has 0 bridgehead atoms. The highest BCUT2D eigenvalue weighted by atomic mass is 79.9. The molecular formula is C17H19BrN2. The van der Waals surface area contributed by atoms with Gasteiger partial charge < -0.3 is 10.2 Å². The molecule has 0 amide bonds. The minimum atomic E-state index is 0.349. The number of nitrogens with one attached hydrogen (secondary N) is 1. The molecule has 1 unspecified atom stereocenters. The molecule has 1 aliphatic heterocycles. The Morgan fingerprint density at radius 1 is 1.10 bits per heavy atom. The van der Waals surface area contributed by atoms with Crippen molar-refractivity contribution in [2.24, 2.45) is 0 Å². The summed E-state index contributed by atoms with van der Waals surface area (Å²) in [5, 5.41) is 3.34. The van der Waals surface area contributed by atoms with Gasteiger partial charge in [-0.15, -0.1) is 0 Å². The number of hydrogen-bond donors (Lipinski definition) is 1. The molecule has 20 heavy (non-hydrogen) atoms. The van der Waals surface area contributed by atoms with E-state index in [-0.39, 0.29) is 0 Å². The number of anilines is 1. The van der Waals surface area contributed by atoms with Crippen LogP contribution in [0, 0.1) is 0 Å². The zero-order valence-corrected chi connectivity index (χ0v) is 13.4. The topological polar surface area (TPSA) is 15.3 Å². The average Bonchev–Trinajstić information content (AvgIpc) is 2.90. The lowest BCUT2D eigenvalue weighted by molar-refractivity contribution is 0.648. The molecule has 1 N–H and O–H groups in total. The minimum absolute atomic E-state index is 0.349. The highest BCUT2D eigenvalue weighted by Crippen LogP contribution is 2.35. The fraction of sp³-hybridized carbons (Fsp3) is 0.294. The Morgan fingerprint density at radius 2 is 1.75 bits per heavy atom. The second-order valence-corrected chi connectivity index (χ2v) is 6.25. The number of fused-ring (bicyclic) bond motifs is 1. The third-order valence-corrected chi connectivity index (χ3v) is 4.57. The molecule has 3 heteroatoms. The summed E-state index contributed by atoms with van der Waals surface area (Å²) in [5.41, 5.74) is 5.55. The Hall–Kier alpha value is -1.32. The van der Waals surface area contributed by atoms with E-state index in [0.717, 1.165) is 17.6 Å². The maximum absolute atomic E-state index is 3.60. The van der Waals surface area contributed by atoms with Gasteiger partial charge in [-0.2, -0.15) is 0 Å². The van der Waals surface area contributed by atoms with Gasteiger partial charge in [0.1, 0.15) is 0 Å². The maximum Gasteiger partial charge on any atom is 0.0436 e. The second kappa shape index (κ2) is 5.58. The number of halogens is 1. The van der Waals surface area contributed by atoms with Gasteiger partial charge in [0.05, 0.1) is 0 Å². The van der Waals surface area contributed by atoms with E-state index in [1.807, 2.05) is 7.05 Å². The molecular weight excluding hydrogens is 312 g/mol. The smallest absolute Gasteiger partial charge is 0.0436 e. The van der Waals surface area contributed by atoms with Crippen LogP contribution in [0.25, 0.3) is 0 Å². The van der Waals surface area contributed by atoms with Gasteiger partial charge in [-0.05, 0) is 42.8 Å². The molecule has 1 atom stereocenters. The highest BCUT2D eigenvalue weighted by molar-refractivity contribution is 9.10. The van der Waals surface area contributed by atoms with Crippen molar-refractivity contribution in [3.05, 3.63) is 63.6 Å². The fourth-order valence-electron chi connectivity index (χ4n) is 2.82. The van der Waals surface area contributed by atoms with Crippen molar-refractivity contribution in [2.45, 2.75) is 26.1 Å². The van der Waals surface area contributed by atoms with E-state index in [1.165, 1.54) is 22.4 Å². The summed E-state index contributed by atoms with van der Waals surface area (Å²) in [6.45, 7) is 4.20. The lowest BCUT2D eigenvalue weighted by Crippen LogP contribution is -2.20. The fourth-order valence-corrected chi connectivity index (χ4v) is 3.16. The maximum atomic E-state index is 3.60. The summed E-state index contributed by atoms with van der Waals surface area (Å²) in [6, 6.07) is 15.6. The van der Waals surface area contributed by atoms with Crippen molar-refractivity contribution < 1.29 is 0 Å². The molecule has 1 heterocycles. The van der Waals surface area contributed by atoms with Gasteiger partial charge in [0.25, 0.3) is 0 Å². The summed E-state index contributed by atoms with van der Waals surface area (Å²) in [7, 11) is 2.01. The van der Waals surface area contributed by atoms with Crippen LogP contribution < -0.4 is 10.2 Å². The van der Waals surface area contributed by atoms with E-state index in [4.69, 9.17) is 0 Å². The van der Waals surface area contributed by atoms with Gasteiger partial charge >= 0.3 is 0 Å². The van der Waals surface area contributed by atoms with Crippen molar-refractivity contribution >= 4 is 21.6 Å². The van der Waals surface area contributed by atoms with E-state index in [0.29, 0.717) is 6.04 Å². The van der Waals surface area contributed by atoms with Crippen LogP contribution in [0.15, 0.2) is 46.9 Å². The molecule has 104 valence electrons. The van der Waals surface area contributed by atoms with Crippen LogP contribution in [0.1, 0.15) is 29.7 Å². The molecule has 0 fully saturated rings. The molecule has 1 aliphatic rings. The van der Waals surface area contributed by atoms with Crippen LogP contribution >= 0.6 is 15.9 Å². The summed E-state index contributed by atoms with van der Waals surface area (Å²) in [4.78, 5) is 2.46. The molecule has 2 aromatic rings. The number of benzene rings is 2. The summed E-state index contributed by atoms with van der Waals surface area (Å²) >= 11 is 3.60. The first-order chi connectivity index (χ1) is 9.69. The number of nitrogens with zero attached hydrogens (tertiary/aromatic N) is 1. The first-order valence-electron chi connectivity index (χ1n) is 6.97. The SMILES string of the molecule is CNC(C)c1ccc(Br)cc1N1Cc2ccccc2C1. The van der Waals surface area contributed by atoms with Gasteiger partial charge in [-0.3, -0.25) is 0 Å². The van der Waals surface area contributed by atoms with Gasteiger partial charge in [-0.1, -0.05) is 46.3 Å². The standard InChI is InChI=1S/C17H19BrN2/c1-12(19-2)16-8-7-15(18)9-17(16)20-10-13-5-3-4-6-14(13)11-20/h3-9,12,19H,10-11H2,1-2H3. The largest absolute Gasteiger partial charge is 0.363 e. The third-order valence-electron chi connectivity index (χ3n) is 4.07. The van der Waals surface area contributed by atoms with Crippen LogP contribution in [0.4, 0.5) is 5.69 Å².